The molecule has 0 unspecified atom stereocenters. The summed E-state index contributed by atoms with van der Waals surface area (Å²) in [6, 6.07) is 0. The number of aliphatic carboxylic acids is 1. The normalized spacial score (nSPS) is 30.8. The zero-order valence-corrected chi connectivity index (χ0v) is 17.0. The molecule has 6 nitrogen and oxygen atoms in total. The van der Waals surface area contributed by atoms with Crippen molar-refractivity contribution < 1.29 is 19.5 Å². The lowest BCUT2D eigenvalue weighted by Crippen LogP contribution is -2.38. The van der Waals surface area contributed by atoms with Gasteiger partial charge in [-0.1, -0.05) is 19.8 Å². The highest BCUT2D eigenvalue weighted by Crippen LogP contribution is 2.53. The van der Waals surface area contributed by atoms with Crippen molar-refractivity contribution in [2.45, 2.75) is 58.3 Å². The first-order valence-electron chi connectivity index (χ1n) is 10.4. The van der Waals surface area contributed by atoms with E-state index < -0.39 is 23.7 Å². The number of carbonyl (C=O) groups excluding carboxylic acids is 2. The third kappa shape index (κ3) is 3.23. The van der Waals surface area contributed by atoms with Crippen LogP contribution in [0.1, 0.15) is 66.2 Å². The van der Waals surface area contributed by atoms with Gasteiger partial charge in [-0.2, -0.15) is 0 Å². The molecule has 5 atom stereocenters. The summed E-state index contributed by atoms with van der Waals surface area (Å²) in [5, 5.41) is 13.1. The number of carboxylic acid groups (broad SMARTS) is 1. The highest BCUT2D eigenvalue weighted by atomic mass is 32.1. The topological polar surface area (TPSA) is 109 Å². The lowest BCUT2D eigenvalue weighted by molar-refractivity contribution is -0.148. The van der Waals surface area contributed by atoms with Gasteiger partial charge in [-0.15, -0.1) is 11.3 Å². The molecule has 0 spiro atoms. The fourth-order valence-corrected chi connectivity index (χ4v) is 7.25. The molecule has 2 fully saturated rings. The Kier molecular flexibility index (Phi) is 5.21. The van der Waals surface area contributed by atoms with Crippen molar-refractivity contribution in [1.82, 2.24) is 0 Å². The van der Waals surface area contributed by atoms with Crippen LogP contribution in [0.4, 0.5) is 5.00 Å². The smallest absolute Gasteiger partial charge is 0.307 e. The number of carbonyl (C=O) groups is 3. The summed E-state index contributed by atoms with van der Waals surface area (Å²) in [7, 11) is 0. The number of anilines is 1. The molecule has 2 bridgehead atoms. The summed E-state index contributed by atoms with van der Waals surface area (Å²) in [5.74, 6) is -1.93. The van der Waals surface area contributed by atoms with E-state index in [1.807, 2.05) is 0 Å². The second-order valence-corrected chi connectivity index (χ2v) is 9.79. The zero-order valence-electron chi connectivity index (χ0n) is 16.2. The molecule has 3 aliphatic carbocycles. The van der Waals surface area contributed by atoms with Gasteiger partial charge in [0, 0.05) is 4.88 Å². The van der Waals surface area contributed by atoms with E-state index in [1.165, 1.54) is 11.3 Å². The van der Waals surface area contributed by atoms with Gasteiger partial charge in [0.05, 0.1) is 17.4 Å². The molecule has 1 heterocycles. The number of primary amides is 1. The summed E-state index contributed by atoms with van der Waals surface area (Å²) >= 11 is 1.46. The summed E-state index contributed by atoms with van der Waals surface area (Å²) in [6.45, 7) is 2.18. The molecular weight excluding hydrogens is 376 g/mol. The molecule has 4 N–H and O–H groups in total. The molecule has 0 aliphatic heterocycles. The van der Waals surface area contributed by atoms with Crippen LogP contribution in [0.2, 0.25) is 0 Å². The minimum atomic E-state index is -0.879. The van der Waals surface area contributed by atoms with Crippen molar-refractivity contribution in [2.24, 2.45) is 35.3 Å². The van der Waals surface area contributed by atoms with Crippen molar-refractivity contribution in [1.29, 1.82) is 0 Å². The van der Waals surface area contributed by atoms with Crippen molar-refractivity contribution in [3.63, 3.8) is 0 Å². The molecule has 0 aromatic carbocycles. The van der Waals surface area contributed by atoms with Gasteiger partial charge in [-0.3, -0.25) is 14.4 Å². The Hall–Kier alpha value is -1.89. The average molecular weight is 405 g/mol. The minimum absolute atomic E-state index is 0.0974. The van der Waals surface area contributed by atoms with Gasteiger partial charge in [-0.25, -0.2) is 0 Å². The summed E-state index contributed by atoms with van der Waals surface area (Å²) in [6.07, 6.45) is 7.70. The number of nitrogens with one attached hydrogen (secondary N) is 1. The molecule has 152 valence electrons. The summed E-state index contributed by atoms with van der Waals surface area (Å²) < 4.78 is 0. The SMILES string of the molecule is CCC[C@@H]1CCc2c(sc(NC(=O)[C@@H]3[C@@H]4CC[C@@H](C4)[C@@H]3C(=O)O)c2C(N)=O)C1. The largest absolute Gasteiger partial charge is 0.481 e. The molecule has 0 radical (unpaired) electrons. The Labute approximate surface area is 168 Å². The van der Waals surface area contributed by atoms with E-state index in [4.69, 9.17) is 5.73 Å². The number of amides is 2. The molecule has 28 heavy (non-hydrogen) atoms. The van der Waals surface area contributed by atoms with Crippen LogP contribution in [0.5, 0.6) is 0 Å². The number of hydrogen-bond donors (Lipinski definition) is 3. The fourth-order valence-electron chi connectivity index (χ4n) is 5.88. The van der Waals surface area contributed by atoms with Crippen molar-refractivity contribution in [3.05, 3.63) is 16.0 Å². The molecule has 1 aromatic rings. The molecule has 2 saturated carbocycles. The predicted octanol–water partition coefficient (Wildman–Crippen LogP) is 3.44. The van der Waals surface area contributed by atoms with Crippen molar-refractivity contribution in [3.8, 4) is 0 Å². The van der Waals surface area contributed by atoms with Crippen LogP contribution in [-0.4, -0.2) is 22.9 Å². The van der Waals surface area contributed by atoms with Crippen LogP contribution >= 0.6 is 11.3 Å². The maximum absolute atomic E-state index is 13.1. The Morgan fingerprint density at radius 1 is 1.18 bits per heavy atom. The third-order valence-electron chi connectivity index (χ3n) is 7.05. The van der Waals surface area contributed by atoms with E-state index in [-0.39, 0.29) is 17.7 Å². The van der Waals surface area contributed by atoms with E-state index in [2.05, 4.69) is 12.2 Å². The standard InChI is InChI=1S/C21H28N2O4S/c1-2-3-10-4-7-13-14(8-10)28-20(17(13)18(22)24)23-19(25)15-11-5-6-12(9-11)16(15)21(26)27/h10-12,15-16H,2-9H2,1H3,(H2,22,24)(H,23,25)(H,26,27)/t10-,11-,12+,15-,16+/m1/s1. The van der Waals surface area contributed by atoms with Gasteiger partial charge >= 0.3 is 5.97 Å². The van der Waals surface area contributed by atoms with Gasteiger partial charge in [0.2, 0.25) is 5.91 Å². The number of fused-ring (bicyclic) bond motifs is 3. The summed E-state index contributed by atoms with van der Waals surface area (Å²) in [4.78, 5) is 38.1. The second kappa shape index (κ2) is 7.50. The van der Waals surface area contributed by atoms with Crippen LogP contribution in [0, 0.1) is 29.6 Å². The van der Waals surface area contributed by atoms with Crippen LogP contribution in [0.3, 0.4) is 0 Å². The van der Waals surface area contributed by atoms with E-state index in [9.17, 15) is 19.5 Å². The van der Waals surface area contributed by atoms with E-state index in [0.717, 1.165) is 61.8 Å². The average Bonchev–Trinajstić information content (AvgIpc) is 3.33. The van der Waals surface area contributed by atoms with Gasteiger partial charge in [0.25, 0.3) is 5.91 Å². The first-order chi connectivity index (χ1) is 13.4. The van der Waals surface area contributed by atoms with E-state index in [1.54, 1.807) is 0 Å². The molecule has 7 heteroatoms. The molecule has 4 rings (SSSR count). The minimum Gasteiger partial charge on any atom is -0.481 e. The van der Waals surface area contributed by atoms with E-state index >= 15 is 0 Å². The summed E-state index contributed by atoms with van der Waals surface area (Å²) in [5.41, 5.74) is 7.10. The Morgan fingerprint density at radius 2 is 1.89 bits per heavy atom. The lowest BCUT2D eigenvalue weighted by atomic mass is 9.78. The Bertz CT molecular complexity index is 818. The molecular formula is C21H28N2O4S. The third-order valence-corrected chi connectivity index (χ3v) is 8.22. The first kappa shape index (κ1) is 19.4. The van der Waals surface area contributed by atoms with E-state index in [0.29, 0.717) is 16.5 Å². The van der Waals surface area contributed by atoms with Gasteiger partial charge < -0.3 is 16.2 Å². The van der Waals surface area contributed by atoms with Crippen LogP contribution in [0.15, 0.2) is 0 Å². The number of rotatable bonds is 6. The van der Waals surface area contributed by atoms with Gasteiger partial charge in [0.15, 0.2) is 0 Å². The number of hydrogen-bond acceptors (Lipinski definition) is 4. The highest BCUT2D eigenvalue weighted by molar-refractivity contribution is 7.17. The number of nitrogens with two attached hydrogens (primary N) is 1. The van der Waals surface area contributed by atoms with Gasteiger partial charge in [0.1, 0.15) is 5.00 Å². The highest BCUT2D eigenvalue weighted by Gasteiger charge is 2.54. The quantitative estimate of drug-likeness (QED) is 0.674. The predicted molar refractivity (Wildman–Crippen MR) is 107 cm³/mol. The molecule has 1 aromatic heterocycles. The fraction of sp³-hybridized carbons (Fsp3) is 0.667. The molecule has 3 aliphatic rings. The monoisotopic (exact) mass is 404 g/mol. The molecule has 0 saturated heterocycles. The Morgan fingerprint density at radius 3 is 2.54 bits per heavy atom. The van der Waals surface area contributed by atoms with Crippen LogP contribution in [-0.2, 0) is 22.4 Å². The lowest BCUT2D eigenvalue weighted by Gasteiger charge is -2.26. The van der Waals surface area contributed by atoms with Crippen molar-refractivity contribution >= 4 is 34.1 Å². The first-order valence-corrected chi connectivity index (χ1v) is 11.2. The maximum Gasteiger partial charge on any atom is 0.307 e. The van der Waals surface area contributed by atoms with Crippen LogP contribution < -0.4 is 11.1 Å². The zero-order chi connectivity index (χ0) is 20.0. The maximum atomic E-state index is 13.1. The van der Waals surface area contributed by atoms with Crippen LogP contribution in [0.25, 0.3) is 0 Å². The molecule has 2 amide bonds. The Balaban J connectivity index is 1.59. The number of thiophene rings is 1. The number of carboxylic acids is 1. The van der Waals surface area contributed by atoms with Crippen molar-refractivity contribution in [2.75, 3.05) is 5.32 Å². The second-order valence-electron chi connectivity index (χ2n) is 8.68. The van der Waals surface area contributed by atoms with Gasteiger partial charge in [-0.05, 0) is 61.8 Å².